The van der Waals surface area contributed by atoms with Gasteiger partial charge in [0.25, 0.3) is 0 Å². The quantitative estimate of drug-likeness (QED) is 0.474. The first-order chi connectivity index (χ1) is 6.59. The molecule has 0 heterocycles. The van der Waals surface area contributed by atoms with Crippen LogP contribution in [0.3, 0.4) is 0 Å². The van der Waals surface area contributed by atoms with Gasteiger partial charge in [-0.25, -0.2) is 0 Å². The number of carbonyl (C=O) groups excluding carboxylic acids is 1. The molecule has 0 amide bonds. The molecule has 14 heavy (non-hydrogen) atoms. The number of ketones is 1. The minimum Gasteiger partial charge on any atom is -0.289 e. The Hall–Kier alpha value is -1.32. The Morgan fingerprint density at radius 2 is 2.00 bits per heavy atom. The van der Waals surface area contributed by atoms with Gasteiger partial charge in [-0.1, -0.05) is 11.6 Å². The molecular formula is C10H10ClNO2. The van der Waals surface area contributed by atoms with Gasteiger partial charge in [0.1, 0.15) is 0 Å². The maximum Gasteiger partial charge on any atom is 0.187 e. The Bertz CT molecular complexity index is 344. The number of hydrogen-bond acceptors (Lipinski definition) is 3. The number of halogens is 1. The molecule has 4 heteroatoms. The van der Waals surface area contributed by atoms with Crippen LogP contribution in [0.1, 0.15) is 10.4 Å². The predicted octanol–water partition coefficient (Wildman–Crippen LogP) is 2.36. The highest BCUT2D eigenvalue weighted by molar-refractivity contribution is 6.30. The highest BCUT2D eigenvalue weighted by atomic mass is 35.5. The van der Waals surface area contributed by atoms with Crippen LogP contribution in [0.2, 0.25) is 5.02 Å². The molecule has 1 aromatic rings. The number of allylic oxidation sites excluding steroid dienone is 1. The zero-order chi connectivity index (χ0) is 10.6. The molecule has 3 nitrogen and oxygen atoms in total. The second kappa shape index (κ2) is 4.79. The van der Waals surface area contributed by atoms with Gasteiger partial charge >= 0.3 is 0 Å². The highest BCUT2D eigenvalue weighted by Gasteiger charge is 2.00. The average Bonchev–Trinajstić information content (AvgIpc) is 2.15. The fraction of sp³-hybridized carbons (Fsp3) is 0.100. The van der Waals surface area contributed by atoms with E-state index in [4.69, 9.17) is 16.8 Å². The summed E-state index contributed by atoms with van der Waals surface area (Å²) in [6.45, 7) is 0. The number of carbonyl (C=O) groups is 1. The van der Waals surface area contributed by atoms with Gasteiger partial charge in [0.2, 0.25) is 0 Å². The summed E-state index contributed by atoms with van der Waals surface area (Å²) in [5.41, 5.74) is 0.535. The zero-order valence-corrected chi connectivity index (χ0v) is 8.40. The third kappa shape index (κ3) is 3.20. The lowest BCUT2D eigenvalue weighted by molar-refractivity contribution is -0.0130. The molecule has 0 saturated heterocycles. The molecule has 0 fully saturated rings. The molecule has 0 aromatic heterocycles. The second-order valence-corrected chi connectivity index (χ2v) is 3.20. The molecule has 0 saturated carbocycles. The van der Waals surface area contributed by atoms with E-state index in [0.29, 0.717) is 10.6 Å². The summed E-state index contributed by atoms with van der Waals surface area (Å²) in [5.74, 6) is -0.178. The lowest BCUT2D eigenvalue weighted by Gasteiger charge is -2.00. The van der Waals surface area contributed by atoms with Crippen molar-refractivity contribution >= 4 is 17.4 Å². The van der Waals surface area contributed by atoms with Crippen molar-refractivity contribution in [3.8, 4) is 0 Å². The molecule has 1 N–H and O–H groups in total. The number of benzene rings is 1. The van der Waals surface area contributed by atoms with E-state index in [1.807, 2.05) is 0 Å². The first-order valence-electron chi connectivity index (χ1n) is 3.99. The Balaban J connectivity index is 2.75. The van der Waals surface area contributed by atoms with Crippen molar-refractivity contribution in [2.75, 3.05) is 7.05 Å². The molecule has 0 unspecified atom stereocenters. The van der Waals surface area contributed by atoms with Crippen molar-refractivity contribution in [3.05, 3.63) is 47.1 Å². The minimum atomic E-state index is -0.178. The van der Waals surface area contributed by atoms with Crippen molar-refractivity contribution in [2.45, 2.75) is 0 Å². The first kappa shape index (κ1) is 10.8. The standard InChI is InChI=1S/C10H10ClNO2/c1-12(14)7-6-10(13)8-2-4-9(11)5-3-8/h2-7,14H,1H3/b7-6+. The predicted molar refractivity (Wildman–Crippen MR) is 54.5 cm³/mol. The van der Waals surface area contributed by atoms with E-state index in [1.54, 1.807) is 24.3 Å². The number of rotatable bonds is 3. The SMILES string of the molecule is CN(O)/C=C/C(=O)c1ccc(Cl)cc1. The van der Waals surface area contributed by atoms with Crippen LogP contribution in [0.15, 0.2) is 36.5 Å². The van der Waals surface area contributed by atoms with E-state index in [9.17, 15) is 4.79 Å². The van der Waals surface area contributed by atoms with Gasteiger partial charge in [-0.15, -0.1) is 0 Å². The van der Waals surface area contributed by atoms with E-state index < -0.39 is 0 Å². The number of hydroxylamine groups is 2. The van der Waals surface area contributed by atoms with Crippen LogP contribution < -0.4 is 0 Å². The van der Waals surface area contributed by atoms with Crippen molar-refractivity contribution in [3.63, 3.8) is 0 Å². The van der Waals surface area contributed by atoms with E-state index in [-0.39, 0.29) is 5.78 Å². The molecule has 0 aliphatic heterocycles. The van der Waals surface area contributed by atoms with Crippen molar-refractivity contribution in [2.24, 2.45) is 0 Å². The van der Waals surface area contributed by atoms with Crippen LogP contribution in [-0.4, -0.2) is 23.1 Å². The first-order valence-corrected chi connectivity index (χ1v) is 4.37. The summed E-state index contributed by atoms with van der Waals surface area (Å²) in [6.07, 6.45) is 2.56. The molecule has 0 aliphatic carbocycles. The fourth-order valence-corrected chi connectivity index (χ4v) is 1.01. The van der Waals surface area contributed by atoms with Gasteiger partial charge in [0.05, 0.1) is 0 Å². The number of nitrogens with zero attached hydrogens (tertiary/aromatic N) is 1. The maximum absolute atomic E-state index is 11.4. The van der Waals surface area contributed by atoms with Gasteiger partial charge < -0.3 is 0 Å². The smallest absolute Gasteiger partial charge is 0.187 e. The molecule has 0 radical (unpaired) electrons. The summed E-state index contributed by atoms with van der Waals surface area (Å²) < 4.78 is 0. The molecule has 1 aromatic carbocycles. The molecule has 1 rings (SSSR count). The maximum atomic E-state index is 11.4. The third-order valence-electron chi connectivity index (χ3n) is 1.57. The van der Waals surface area contributed by atoms with E-state index in [1.165, 1.54) is 19.3 Å². The van der Waals surface area contributed by atoms with Crippen LogP contribution in [0, 0.1) is 0 Å². The van der Waals surface area contributed by atoms with Crippen LogP contribution in [0.25, 0.3) is 0 Å². The van der Waals surface area contributed by atoms with E-state index >= 15 is 0 Å². The largest absolute Gasteiger partial charge is 0.289 e. The van der Waals surface area contributed by atoms with E-state index in [0.717, 1.165) is 5.06 Å². The Kier molecular flexibility index (Phi) is 3.68. The minimum absolute atomic E-state index is 0.178. The monoisotopic (exact) mass is 211 g/mol. The number of hydrogen-bond donors (Lipinski definition) is 1. The summed E-state index contributed by atoms with van der Waals surface area (Å²) in [5, 5.41) is 10.2. The fourth-order valence-electron chi connectivity index (χ4n) is 0.886. The van der Waals surface area contributed by atoms with Crippen molar-refractivity contribution in [1.82, 2.24) is 5.06 Å². The van der Waals surface area contributed by atoms with Crippen molar-refractivity contribution in [1.29, 1.82) is 0 Å². The summed E-state index contributed by atoms with van der Waals surface area (Å²) in [6, 6.07) is 6.55. The summed E-state index contributed by atoms with van der Waals surface area (Å²) in [7, 11) is 1.42. The average molecular weight is 212 g/mol. The molecular weight excluding hydrogens is 202 g/mol. The van der Waals surface area contributed by atoms with Crippen LogP contribution in [0.5, 0.6) is 0 Å². The normalized spacial score (nSPS) is 10.5. The van der Waals surface area contributed by atoms with Gasteiger partial charge in [0, 0.05) is 29.9 Å². The van der Waals surface area contributed by atoms with Gasteiger partial charge in [-0.05, 0) is 24.3 Å². The zero-order valence-electron chi connectivity index (χ0n) is 7.64. The molecule has 74 valence electrons. The molecule has 0 bridgehead atoms. The van der Waals surface area contributed by atoms with Gasteiger partial charge in [-0.3, -0.25) is 15.1 Å². The Morgan fingerprint density at radius 3 is 2.50 bits per heavy atom. The van der Waals surface area contributed by atoms with E-state index in [2.05, 4.69) is 0 Å². The Labute approximate surface area is 87.2 Å². The van der Waals surface area contributed by atoms with Crippen LogP contribution in [0.4, 0.5) is 0 Å². The molecule has 0 atom stereocenters. The van der Waals surface area contributed by atoms with Crippen LogP contribution >= 0.6 is 11.6 Å². The molecule has 0 spiro atoms. The molecule has 0 aliphatic rings. The second-order valence-electron chi connectivity index (χ2n) is 2.76. The summed E-state index contributed by atoms with van der Waals surface area (Å²) in [4.78, 5) is 11.4. The third-order valence-corrected chi connectivity index (χ3v) is 1.82. The van der Waals surface area contributed by atoms with Gasteiger partial charge in [-0.2, -0.15) is 0 Å². The summed E-state index contributed by atoms with van der Waals surface area (Å²) >= 11 is 5.67. The topological polar surface area (TPSA) is 40.5 Å². The van der Waals surface area contributed by atoms with Crippen LogP contribution in [-0.2, 0) is 0 Å². The lowest BCUT2D eigenvalue weighted by atomic mass is 10.1. The highest BCUT2D eigenvalue weighted by Crippen LogP contribution is 2.10. The Morgan fingerprint density at radius 1 is 1.43 bits per heavy atom. The lowest BCUT2D eigenvalue weighted by Crippen LogP contribution is -2.03. The van der Waals surface area contributed by atoms with Gasteiger partial charge in [0.15, 0.2) is 5.78 Å². The van der Waals surface area contributed by atoms with Crippen molar-refractivity contribution < 1.29 is 10.0 Å².